The van der Waals surface area contributed by atoms with Crippen molar-refractivity contribution in [3.8, 4) is 5.69 Å². The second-order valence-electron chi connectivity index (χ2n) is 6.63. The highest BCUT2D eigenvalue weighted by molar-refractivity contribution is 5.99. The molecule has 0 bridgehead atoms. The van der Waals surface area contributed by atoms with Crippen molar-refractivity contribution in [2.75, 3.05) is 11.9 Å². The van der Waals surface area contributed by atoms with Gasteiger partial charge in [0, 0.05) is 11.9 Å². The Hall–Kier alpha value is -3.48. The van der Waals surface area contributed by atoms with Crippen LogP contribution in [0.3, 0.4) is 0 Å². The van der Waals surface area contributed by atoms with Gasteiger partial charge in [0.1, 0.15) is 5.82 Å². The van der Waals surface area contributed by atoms with Crippen LogP contribution in [-0.4, -0.2) is 28.1 Å². The molecule has 0 aliphatic heterocycles. The Balaban J connectivity index is 1.60. The van der Waals surface area contributed by atoms with Crippen LogP contribution in [0, 0.1) is 26.6 Å². The molecule has 0 saturated heterocycles. The molecule has 7 heteroatoms. The van der Waals surface area contributed by atoms with E-state index >= 15 is 0 Å². The van der Waals surface area contributed by atoms with Crippen molar-refractivity contribution >= 4 is 17.5 Å². The van der Waals surface area contributed by atoms with Gasteiger partial charge in [0.15, 0.2) is 5.69 Å². The Morgan fingerprint density at radius 3 is 2.32 bits per heavy atom. The summed E-state index contributed by atoms with van der Waals surface area (Å²) in [4.78, 5) is 24.5. The Morgan fingerprint density at radius 1 is 1.04 bits per heavy atom. The van der Waals surface area contributed by atoms with E-state index in [4.69, 9.17) is 0 Å². The second-order valence-corrected chi connectivity index (χ2v) is 6.63. The summed E-state index contributed by atoms with van der Waals surface area (Å²) in [7, 11) is 0. The van der Waals surface area contributed by atoms with E-state index in [2.05, 4.69) is 15.7 Å². The summed E-state index contributed by atoms with van der Waals surface area (Å²) in [6, 6.07) is 11.3. The molecule has 1 heterocycles. The average molecular weight is 380 g/mol. The molecule has 144 valence electrons. The molecule has 1 aromatic heterocycles. The molecule has 0 aliphatic carbocycles. The third-order valence-corrected chi connectivity index (χ3v) is 4.26. The number of hydrogen-bond acceptors (Lipinski definition) is 3. The standard InChI is InChI=1S/C21H21FN4O2/c1-13-10-14(2)20(15(3)11-13)24-19(27)12-23-21(28)18-8-9-26(25-18)17-6-4-16(22)5-7-17/h4-11H,12H2,1-3H3,(H,23,28)(H,24,27). The summed E-state index contributed by atoms with van der Waals surface area (Å²) < 4.78 is 14.5. The van der Waals surface area contributed by atoms with Gasteiger partial charge in [-0.3, -0.25) is 9.59 Å². The van der Waals surface area contributed by atoms with Crippen LogP contribution in [0.15, 0.2) is 48.7 Å². The van der Waals surface area contributed by atoms with Crippen LogP contribution in [0.5, 0.6) is 0 Å². The molecular formula is C21H21FN4O2. The van der Waals surface area contributed by atoms with Crippen molar-refractivity contribution in [1.29, 1.82) is 0 Å². The van der Waals surface area contributed by atoms with E-state index in [-0.39, 0.29) is 24.0 Å². The lowest BCUT2D eigenvalue weighted by Gasteiger charge is -2.13. The van der Waals surface area contributed by atoms with E-state index < -0.39 is 5.91 Å². The van der Waals surface area contributed by atoms with Crippen LogP contribution in [0.4, 0.5) is 10.1 Å². The number of rotatable bonds is 5. The van der Waals surface area contributed by atoms with Gasteiger partial charge >= 0.3 is 0 Å². The number of nitrogens with one attached hydrogen (secondary N) is 2. The van der Waals surface area contributed by atoms with E-state index in [1.54, 1.807) is 18.3 Å². The molecule has 28 heavy (non-hydrogen) atoms. The minimum Gasteiger partial charge on any atom is -0.342 e. The largest absolute Gasteiger partial charge is 0.342 e. The predicted octanol–water partition coefficient (Wildman–Crippen LogP) is 3.31. The van der Waals surface area contributed by atoms with Crippen molar-refractivity contribution < 1.29 is 14.0 Å². The number of aryl methyl sites for hydroxylation is 3. The second kappa shape index (κ2) is 8.04. The van der Waals surface area contributed by atoms with Gasteiger partial charge in [-0.2, -0.15) is 5.10 Å². The summed E-state index contributed by atoms with van der Waals surface area (Å²) in [6.45, 7) is 5.68. The first-order valence-corrected chi connectivity index (χ1v) is 8.81. The fraction of sp³-hybridized carbons (Fsp3) is 0.190. The zero-order chi connectivity index (χ0) is 20.3. The van der Waals surface area contributed by atoms with Gasteiger partial charge in [-0.25, -0.2) is 9.07 Å². The fourth-order valence-electron chi connectivity index (χ4n) is 2.99. The van der Waals surface area contributed by atoms with Gasteiger partial charge in [-0.05, 0) is 62.2 Å². The Labute approximate surface area is 162 Å². The zero-order valence-electron chi connectivity index (χ0n) is 15.9. The maximum absolute atomic E-state index is 13.0. The smallest absolute Gasteiger partial charge is 0.272 e. The molecule has 0 aliphatic rings. The van der Waals surface area contributed by atoms with Gasteiger partial charge in [0.2, 0.25) is 5.91 Å². The Bertz CT molecular complexity index is 1000. The first-order chi connectivity index (χ1) is 13.3. The summed E-state index contributed by atoms with van der Waals surface area (Å²) in [5, 5.41) is 9.55. The van der Waals surface area contributed by atoms with Crippen LogP contribution >= 0.6 is 0 Å². The highest BCUT2D eigenvalue weighted by Crippen LogP contribution is 2.21. The van der Waals surface area contributed by atoms with Crippen molar-refractivity contribution in [2.45, 2.75) is 20.8 Å². The summed E-state index contributed by atoms with van der Waals surface area (Å²) in [5.41, 5.74) is 4.61. The zero-order valence-corrected chi connectivity index (χ0v) is 15.9. The van der Waals surface area contributed by atoms with Crippen molar-refractivity contribution in [2.24, 2.45) is 0 Å². The summed E-state index contributed by atoms with van der Waals surface area (Å²) in [6.07, 6.45) is 1.60. The molecule has 0 saturated carbocycles. The number of halogens is 1. The number of aromatic nitrogens is 2. The van der Waals surface area contributed by atoms with Gasteiger partial charge in [0.25, 0.3) is 5.91 Å². The van der Waals surface area contributed by atoms with E-state index in [1.165, 1.54) is 22.9 Å². The lowest BCUT2D eigenvalue weighted by molar-refractivity contribution is -0.115. The topological polar surface area (TPSA) is 76.0 Å². The molecule has 2 amide bonds. The molecule has 2 N–H and O–H groups in total. The summed E-state index contributed by atoms with van der Waals surface area (Å²) >= 11 is 0. The van der Waals surface area contributed by atoms with Crippen molar-refractivity contribution in [3.05, 3.63) is 76.9 Å². The van der Waals surface area contributed by atoms with Gasteiger partial charge in [-0.15, -0.1) is 0 Å². The molecule has 0 atom stereocenters. The Morgan fingerprint density at radius 2 is 1.68 bits per heavy atom. The minimum absolute atomic E-state index is 0.167. The number of amides is 2. The highest BCUT2D eigenvalue weighted by Gasteiger charge is 2.13. The maximum atomic E-state index is 13.0. The Kier molecular flexibility index (Phi) is 5.54. The number of hydrogen-bond donors (Lipinski definition) is 2. The number of benzene rings is 2. The maximum Gasteiger partial charge on any atom is 0.272 e. The molecular weight excluding hydrogens is 359 g/mol. The van der Waals surface area contributed by atoms with E-state index in [0.29, 0.717) is 5.69 Å². The molecule has 3 aromatic rings. The molecule has 0 radical (unpaired) electrons. The molecule has 0 fully saturated rings. The molecule has 0 spiro atoms. The average Bonchev–Trinajstić information content (AvgIpc) is 3.13. The number of carbonyl (C=O) groups is 2. The molecule has 2 aromatic carbocycles. The van der Waals surface area contributed by atoms with Crippen LogP contribution in [0.1, 0.15) is 27.2 Å². The number of carbonyl (C=O) groups excluding carboxylic acids is 2. The summed E-state index contributed by atoms with van der Waals surface area (Å²) in [5.74, 6) is -1.13. The monoisotopic (exact) mass is 380 g/mol. The third-order valence-electron chi connectivity index (χ3n) is 4.26. The number of nitrogens with zero attached hydrogens (tertiary/aromatic N) is 2. The molecule has 0 unspecified atom stereocenters. The van der Waals surface area contributed by atoms with Crippen LogP contribution in [0.25, 0.3) is 5.69 Å². The lowest BCUT2D eigenvalue weighted by atomic mass is 10.1. The number of anilines is 1. The molecule has 3 rings (SSSR count). The van der Waals surface area contributed by atoms with Gasteiger partial charge < -0.3 is 10.6 Å². The first kappa shape index (κ1) is 19.3. The van der Waals surface area contributed by atoms with E-state index in [9.17, 15) is 14.0 Å². The first-order valence-electron chi connectivity index (χ1n) is 8.81. The minimum atomic E-state index is -0.464. The van der Waals surface area contributed by atoms with Gasteiger partial charge in [-0.1, -0.05) is 17.7 Å². The highest BCUT2D eigenvalue weighted by atomic mass is 19.1. The van der Waals surface area contributed by atoms with E-state index in [1.807, 2.05) is 32.9 Å². The lowest BCUT2D eigenvalue weighted by Crippen LogP contribution is -2.33. The van der Waals surface area contributed by atoms with Crippen molar-refractivity contribution in [3.63, 3.8) is 0 Å². The normalized spacial score (nSPS) is 10.6. The fourth-order valence-corrected chi connectivity index (χ4v) is 2.99. The third kappa shape index (κ3) is 4.43. The van der Waals surface area contributed by atoms with E-state index in [0.717, 1.165) is 22.4 Å². The SMILES string of the molecule is Cc1cc(C)c(NC(=O)CNC(=O)c2ccn(-c3ccc(F)cc3)n2)c(C)c1. The van der Waals surface area contributed by atoms with Crippen LogP contribution < -0.4 is 10.6 Å². The quantitative estimate of drug-likeness (QED) is 0.713. The van der Waals surface area contributed by atoms with Crippen LogP contribution in [-0.2, 0) is 4.79 Å². The van der Waals surface area contributed by atoms with Crippen molar-refractivity contribution in [1.82, 2.24) is 15.1 Å². The van der Waals surface area contributed by atoms with Crippen LogP contribution in [0.2, 0.25) is 0 Å². The predicted molar refractivity (Wildman–Crippen MR) is 105 cm³/mol. The van der Waals surface area contributed by atoms with Gasteiger partial charge in [0.05, 0.1) is 12.2 Å². The molecule has 6 nitrogen and oxygen atoms in total.